The van der Waals surface area contributed by atoms with E-state index in [4.69, 9.17) is 4.74 Å². The van der Waals surface area contributed by atoms with Gasteiger partial charge in [-0.15, -0.1) is 0 Å². The lowest BCUT2D eigenvalue weighted by Crippen LogP contribution is -2.41. The van der Waals surface area contributed by atoms with Crippen molar-refractivity contribution in [3.63, 3.8) is 0 Å². The highest BCUT2D eigenvalue weighted by molar-refractivity contribution is 6.05. The Morgan fingerprint density at radius 1 is 0.944 bits per heavy atom. The van der Waals surface area contributed by atoms with Crippen LogP contribution >= 0.6 is 0 Å². The molecule has 0 atom stereocenters. The highest BCUT2D eigenvalue weighted by atomic mass is 16.5. The van der Waals surface area contributed by atoms with Crippen LogP contribution in [0.3, 0.4) is 0 Å². The molecule has 186 valence electrons. The maximum atomic E-state index is 13.1. The summed E-state index contributed by atoms with van der Waals surface area (Å²) in [5.41, 5.74) is 6.22. The first-order valence-electron chi connectivity index (χ1n) is 12.8. The van der Waals surface area contributed by atoms with Crippen LogP contribution in [0.5, 0.6) is 0 Å². The first kappa shape index (κ1) is 23.9. The van der Waals surface area contributed by atoms with E-state index in [0.29, 0.717) is 31.3 Å². The Labute approximate surface area is 212 Å². The Balaban J connectivity index is 1.28. The number of fused-ring (bicyclic) bond motifs is 1. The van der Waals surface area contributed by atoms with E-state index in [0.717, 1.165) is 53.9 Å². The molecular formula is C30H33N3O3. The number of nitrogens with one attached hydrogen (secondary N) is 2. The van der Waals surface area contributed by atoms with Crippen LogP contribution in [0.1, 0.15) is 43.6 Å². The van der Waals surface area contributed by atoms with E-state index >= 15 is 0 Å². The van der Waals surface area contributed by atoms with Gasteiger partial charge in [-0.2, -0.15) is 0 Å². The number of ether oxygens (including phenoxy) is 1. The molecule has 0 aromatic heterocycles. The molecule has 1 heterocycles. The van der Waals surface area contributed by atoms with Crippen molar-refractivity contribution in [3.8, 4) is 11.1 Å². The molecule has 1 saturated carbocycles. The summed E-state index contributed by atoms with van der Waals surface area (Å²) in [5, 5.41) is 6.42. The number of rotatable bonds is 5. The Bertz CT molecular complexity index is 1200. The Hall–Kier alpha value is -3.80. The lowest BCUT2D eigenvalue weighted by atomic mass is 9.77. The second kappa shape index (κ2) is 10.9. The van der Waals surface area contributed by atoms with E-state index in [1.54, 1.807) is 0 Å². The van der Waals surface area contributed by atoms with E-state index in [-0.39, 0.29) is 12.0 Å². The van der Waals surface area contributed by atoms with Gasteiger partial charge in [-0.05, 0) is 78.5 Å². The van der Waals surface area contributed by atoms with Crippen LogP contribution in [0.15, 0.2) is 72.8 Å². The van der Waals surface area contributed by atoms with Gasteiger partial charge in [-0.25, -0.2) is 4.79 Å². The van der Waals surface area contributed by atoms with Gasteiger partial charge in [0.05, 0.1) is 18.5 Å². The van der Waals surface area contributed by atoms with Crippen LogP contribution in [0.2, 0.25) is 0 Å². The number of carbonyl (C=O) groups is 2. The van der Waals surface area contributed by atoms with Crippen LogP contribution in [-0.4, -0.2) is 32.2 Å². The van der Waals surface area contributed by atoms with E-state index in [1.165, 1.54) is 12.7 Å². The molecule has 5 rings (SSSR count). The van der Waals surface area contributed by atoms with Crippen LogP contribution in [0.25, 0.3) is 11.1 Å². The van der Waals surface area contributed by atoms with Gasteiger partial charge in [0.25, 0.3) is 0 Å². The number of hydrogen-bond acceptors (Lipinski definition) is 4. The fourth-order valence-electron chi connectivity index (χ4n) is 5.40. The van der Waals surface area contributed by atoms with E-state index in [2.05, 4.69) is 53.1 Å². The summed E-state index contributed by atoms with van der Waals surface area (Å²) in [6.07, 6.45) is 4.89. The van der Waals surface area contributed by atoms with E-state index in [1.807, 2.05) is 35.2 Å². The maximum Gasteiger partial charge on any atom is 0.326 e. The molecule has 6 nitrogen and oxygen atoms in total. The van der Waals surface area contributed by atoms with Crippen molar-refractivity contribution in [1.82, 2.24) is 0 Å². The minimum atomic E-state index is -0.126. The molecule has 2 amide bonds. The molecule has 36 heavy (non-hydrogen) atoms. The molecule has 0 radical (unpaired) electrons. The number of methoxy groups -OCH3 is 1. The molecule has 0 saturated heterocycles. The summed E-state index contributed by atoms with van der Waals surface area (Å²) in [7, 11) is 1.46. The van der Waals surface area contributed by atoms with Crippen LogP contribution in [-0.2, 0) is 9.53 Å². The number of amides is 2. The Kier molecular flexibility index (Phi) is 7.21. The predicted molar refractivity (Wildman–Crippen MR) is 145 cm³/mol. The molecule has 1 fully saturated rings. The molecule has 3 aromatic rings. The van der Waals surface area contributed by atoms with Crippen molar-refractivity contribution in [1.29, 1.82) is 0 Å². The first-order valence-corrected chi connectivity index (χ1v) is 12.8. The van der Waals surface area contributed by atoms with E-state index < -0.39 is 0 Å². The number of urea groups is 1. The fourth-order valence-corrected chi connectivity index (χ4v) is 5.40. The Morgan fingerprint density at radius 3 is 2.39 bits per heavy atom. The van der Waals surface area contributed by atoms with Crippen molar-refractivity contribution < 1.29 is 14.3 Å². The van der Waals surface area contributed by atoms with Crippen LogP contribution < -0.4 is 15.5 Å². The molecule has 0 bridgehead atoms. The molecule has 6 heteroatoms. The van der Waals surface area contributed by atoms with Gasteiger partial charge in [0.1, 0.15) is 0 Å². The number of nitrogens with zero attached hydrogens (tertiary/aromatic N) is 1. The number of carbonyl (C=O) groups excluding carboxylic acids is 2. The smallest absolute Gasteiger partial charge is 0.326 e. The molecule has 2 N–H and O–H groups in total. The minimum absolute atomic E-state index is 0.0980. The van der Waals surface area contributed by atoms with Crippen LogP contribution in [0.4, 0.5) is 21.9 Å². The van der Waals surface area contributed by atoms with Gasteiger partial charge in [-0.1, -0.05) is 48.5 Å². The minimum Gasteiger partial charge on any atom is -0.469 e. The largest absolute Gasteiger partial charge is 0.469 e. The molecular weight excluding hydrogens is 450 g/mol. The molecule has 1 aliphatic carbocycles. The number of para-hydroxylation sites is 1. The molecule has 0 unspecified atom stereocenters. The summed E-state index contributed by atoms with van der Waals surface area (Å²) >= 11 is 0. The van der Waals surface area contributed by atoms with Gasteiger partial charge < -0.3 is 15.4 Å². The lowest BCUT2D eigenvalue weighted by molar-refractivity contribution is -0.142. The normalized spacial score (nSPS) is 19.1. The summed E-state index contributed by atoms with van der Waals surface area (Å²) in [6, 6.07) is 24.5. The topological polar surface area (TPSA) is 70.7 Å². The SMILES string of the molecule is COC(=O)C[C@H]1CC[C@H](c2ccc(-c3ccc4c(c3)N(C(=O)Nc3ccccc3)CCN4)cc2)CC1. The highest BCUT2D eigenvalue weighted by Gasteiger charge is 2.25. The van der Waals surface area contributed by atoms with Crippen molar-refractivity contribution in [3.05, 3.63) is 78.4 Å². The van der Waals surface area contributed by atoms with Gasteiger partial charge in [0, 0.05) is 25.2 Å². The predicted octanol–water partition coefficient (Wildman–Crippen LogP) is 6.65. The number of anilines is 3. The van der Waals surface area contributed by atoms with Crippen molar-refractivity contribution in [2.45, 2.75) is 38.0 Å². The summed E-state index contributed by atoms with van der Waals surface area (Å²) in [4.78, 5) is 26.4. The van der Waals surface area contributed by atoms with Gasteiger partial charge in [-0.3, -0.25) is 9.69 Å². The van der Waals surface area contributed by atoms with Crippen molar-refractivity contribution in [2.24, 2.45) is 5.92 Å². The third-order valence-corrected chi connectivity index (χ3v) is 7.45. The number of hydrogen-bond donors (Lipinski definition) is 2. The maximum absolute atomic E-state index is 13.1. The summed E-state index contributed by atoms with van der Waals surface area (Å²) in [6.45, 7) is 1.32. The summed E-state index contributed by atoms with van der Waals surface area (Å²) in [5.74, 6) is 0.885. The molecule has 3 aromatic carbocycles. The van der Waals surface area contributed by atoms with Gasteiger partial charge >= 0.3 is 12.0 Å². The number of esters is 1. The Morgan fingerprint density at radius 2 is 1.67 bits per heavy atom. The average molecular weight is 484 g/mol. The van der Waals surface area contributed by atoms with Crippen molar-refractivity contribution >= 4 is 29.1 Å². The summed E-state index contributed by atoms with van der Waals surface area (Å²) < 4.78 is 4.83. The van der Waals surface area contributed by atoms with Crippen molar-refractivity contribution in [2.75, 3.05) is 35.7 Å². The first-order chi connectivity index (χ1) is 17.6. The zero-order valence-corrected chi connectivity index (χ0v) is 20.7. The highest BCUT2D eigenvalue weighted by Crippen LogP contribution is 2.39. The third kappa shape index (κ3) is 5.38. The molecule has 0 spiro atoms. The second-order valence-electron chi connectivity index (χ2n) is 9.73. The quantitative estimate of drug-likeness (QED) is 0.398. The average Bonchev–Trinajstić information content (AvgIpc) is 2.93. The lowest BCUT2D eigenvalue weighted by Gasteiger charge is -2.31. The van der Waals surface area contributed by atoms with Gasteiger partial charge in [0.15, 0.2) is 0 Å². The van der Waals surface area contributed by atoms with E-state index in [9.17, 15) is 9.59 Å². The zero-order chi connectivity index (χ0) is 24.9. The van der Waals surface area contributed by atoms with Gasteiger partial charge in [0.2, 0.25) is 0 Å². The standard InChI is InChI=1S/C30H33N3O3/c1-36-29(34)19-21-7-9-22(10-8-21)23-11-13-24(14-12-23)25-15-16-27-28(20-25)33(18-17-31-27)30(35)32-26-5-3-2-4-6-26/h2-6,11-16,20-22,31H,7-10,17-19H2,1H3,(H,32,35)/t21-,22-. The zero-order valence-electron chi connectivity index (χ0n) is 20.7. The molecule has 1 aliphatic heterocycles. The monoisotopic (exact) mass is 483 g/mol. The second-order valence-corrected chi connectivity index (χ2v) is 9.73. The fraction of sp³-hybridized carbons (Fsp3) is 0.333. The third-order valence-electron chi connectivity index (χ3n) is 7.45. The van der Waals surface area contributed by atoms with Crippen LogP contribution in [0, 0.1) is 5.92 Å². The molecule has 2 aliphatic rings. The number of benzene rings is 3.